The van der Waals surface area contributed by atoms with Crippen LogP contribution < -0.4 is 16.0 Å². The minimum Gasteiger partial charge on any atom is -0.367 e. The number of hydrogen-bond acceptors (Lipinski definition) is 5. The van der Waals surface area contributed by atoms with Crippen molar-refractivity contribution in [1.29, 1.82) is 0 Å². The topological polar surface area (TPSA) is 78.9 Å². The molecule has 1 saturated carbocycles. The Morgan fingerprint density at radius 1 is 1.04 bits per heavy atom. The fourth-order valence-corrected chi connectivity index (χ4v) is 2.77. The van der Waals surface area contributed by atoms with E-state index in [1.807, 2.05) is 30.3 Å². The lowest BCUT2D eigenvalue weighted by molar-refractivity contribution is -0.114. The van der Waals surface area contributed by atoms with E-state index in [1.54, 1.807) is 6.33 Å². The summed E-state index contributed by atoms with van der Waals surface area (Å²) in [6.07, 6.45) is 6.54. The number of nitrogens with zero attached hydrogens (tertiary/aromatic N) is 2. The van der Waals surface area contributed by atoms with Crippen molar-refractivity contribution in [3.63, 3.8) is 0 Å². The van der Waals surface area contributed by atoms with Crippen molar-refractivity contribution in [2.75, 3.05) is 16.0 Å². The molecule has 1 aliphatic rings. The summed E-state index contributed by atoms with van der Waals surface area (Å²) < 4.78 is 0. The van der Waals surface area contributed by atoms with E-state index in [9.17, 15) is 4.79 Å². The van der Waals surface area contributed by atoms with E-state index in [2.05, 4.69) is 25.9 Å². The molecule has 1 heterocycles. The number of nitrogens with one attached hydrogen (secondary N) is 3. The van der Waals surface area contributed by atoms with E-state index < -0.39 is 0 Å². The van der Waals surface area contributed by atoms with Crippen LogP contribution in [0.3, 0.4) is 0 Å². The first-order valence-corrected chi connectivity index (χ1v) is 7.92. The minimum absolute atomic E-state index is 0.0795. The van der Waals surface area contributed by atoms with E-state index in [0.717, 1.165) is 23.0 Å². The summed E-state index contributed by atoms with van der Waals surface area (Å²) >= 11 is 0. The monoisotopic (exact) mass is 311 g/mol. The summed E-state index contributed by atoms with van der Waals surface area (Å²) in [5.74, 6) is 1.51. The molecular formula is C17H21N5O. The maximum atomic E-state index is 11.0. The zero-order valence-electron chi connectivity index (χ0n) is 13.2. The van der Waals surface area contributed by atoms with Gasteiger partial charge in [-0.2, -0.15) is 0 Å². The fourth-order valence-electron chi connectivity index (χ4n) is 2.77. The van der Waals surface area contributed by atoms with Crippen molar-refractivity contribution in [2.45, 2.75) is 38.6 Å². The molecule has 3 N–H and O–H groups in total. The largest absolute Gasteiger partial charge is 0.367 e. The molecule has 0 saturated heterocycles. The predicted molar refractivity (Wildman–Crippen MR) is 91.9 cm³/mol. The molecule has 23 heavy (non-hydrogen) atoms. The summed E-state index contributed by atoms with van der Waals surface area (Å²) in [5, 5.41) is 9.45. The molecule has 3 rings (SSSR count). The lowest BCUT2D eigenvalue weighted by atomic mass is 10.2. The van der Waals surface area contributed by atoms with Crippen molar-refractivity contribution < 1.29 is 4.79 Å². The number of anilines is 4. The van der Waals surface area contributed by atoms with Gasteiger partial charge in [-0.25, -0.2) is 9.97 Å². The molecule has 1 fully saturated rings. The van der Waals surface area contributed by atoms with E-state index in [4.69, 9.17) is 0 Å². The van der Waals surface area contributed by atoms with Gasteiger partial charge in [-0.1, -0.05) is 12.8 Å². The maximum absolute atomic E-state index is 11.0. The van der Waals surface area contributed by atoms with Gasteiger partial charge in [-0.05, 0) is 37.1 Å². The molecule has 6 nitrogen and oxygen atoms in total. The number of carbonyl (C=O) groups is 1. The molecular weight excluding hydrogens is 290 g/mol. The van der Waals surface area contributed by atoms with Crippen LogP contribution in [0.2, 0.25) is 0 Å². The summed E-state index contributed by atoms with van der Waals surface area (Å²) in [6.45, 7) is 1.49. The molecule has 1 aromatic heterocycles. The van der Waals surface area contributed by atoms with Crippen molar-refractivity contribution in [3.05, 3.63) is 36.7 Å². The molecule has 6 heteroatoms. The average Bonchev–Trinajstić information content (AvgIpc) is 3.02. The van der Waals surface area contributed by atoms with Gasteiger partial charge in [0.2, 0.25) is 5.91 Å². The summed E-state index contributed by atoms with van der Waals surface area (Å²) in [5.41, 5.74) is 1.68. The molecule has 0 bridgehead atoms. The van der Waals surface area contributed by atoms with E-state index in [-0.39, 0.29) is 5.91 Å². The highest BCUT2D eigenvalue weighted by Gasteiger charge is 2.15. The van der Waals surface area contributed by atoms with Crippen LogP contribution in [0.25, 0.3) is 0 Å². The molecule has 0 radical (unpaired) electrons. The van der Waals surface area contributed by atoms with Gasteiger partial charge in [-0.15, -0.1) is 0 Å². The van der Waals surface area contributed by atoms with Gasteiger partial charge in [0.1, 0.15) is 18.0 Å². The maximum Gasteiger partial charge on any atom is 0.221 e. The molecule has 2 aromatic rings. The van der Waals surface area contributed by atoms with E-state index >= 15 is 0 Å². The van der Waals surface area contributed by atoms with Gasteiger partial charge in [0.05, 0.1) is 0 Å². The molecule has 1 amide bonds. The van der Waals surface area contributed by atoms with Crippen molar-refractivity contribution >= 4 is 28.9 Å². The first-order valence-electron chi connectivity index (χ1n) is 7.92. The van der Waals surface area contributed by atoms with Crippen LogP contribution in [-0.4, -0.2) is 21.9 Å². The quantitative estimate of drug-likeness (QED) is 0.787. The first-order chi connectivity index (χ1) is 11.2. The SMILES string of the molecule is CC(=O)Nc1ccc(Nc2cc(NC3CCCC3)ncn2)cc1. The number of hydrogen-bond donors (Lipinski definition) is 3. The van der Waals surface area contributed by atoms with Gasteiger partial charge < -0.3 is 16.0 Å². The van der Waals surface area contributed by atoms with Crippen LogP contribution in [-0.2, 0) is 4.79 Å². The van der Waals surface area contributed by atoms with Gasteiger partial charge in [0.15, 0.2) is 0 Å². The Labute approximate surface area is 135 Å². The lowest BCUT2D eigenvalue weighted by Gasteiger charge is -2.13. The summed E-state index contributed by atoms with van der Waals surface area (Å²) in [7, 11) is 0. The summed E-state index contributed by atoms with van der Waals surface area (Å²) in [6, 6.07) is 9.94. The van der Waals surface area contributed by atoms with Crippen LogP contribution in [0.15, 0.2) is 36.7 Å². The number of carbonyl (C=O) groups excluding carboxylic acids is 1. The van der Waals surface area contributed by atoms with Crippen LogP contribution in [0, 0.1) is 0 Å². The smallest absolute Gasteiger partial charge is 0.221 e. The highest BCUT2D eigenvalue weighted by atomic mass is 16.1. The highest BCUT2D eigenvalue weighted by Crippen LogP contribution is 2.23. The first kappa shape index (κ1) is 15.3. The zero-order chi connectivity index (χ0) is 16.1. The third kappa shape index (κ3) is 4.42. The predicted octanol–water partition coefficient (Wildman–Crippen LogP) is 3.53. The highest BCUT2D eigenvalue weighted by molar-refractivity contribution is 5.88. The molecule has 0 atom stereocenters. The second-order valence-electron chi connectivity index (χ2n) is 5.80. The Balaban J connectivity index is 1.63. The van der Waals surface area contributed by atoms with E-state index in [1.165, 1.54) is 32.6 Å². The van der Waals surface area contributed by atoms with Crippen LogP contribution in [0.5, 0.6) is 0 Å². The standard InChI is InChI=1S/C17H21N5O/c1-12(23)20-14-6-8-15(9-7-14)22-17-10-16(18-11-19-17)21-13-4-2-3-5-13/h6-11,13H,2-5H2,1H3,(H,20,23)(H2,18,19,21,22). The van der Waals surface area contributed by atoms with Crippen molar-refractivity contribution in [1.82, 2.24) is 9.97 Å². The molecule has 120 valence electrons. The van der Waals surface area contributed by atoms with Gasteiger partial charge in [0.25, 0.3) is 0 Å². The number of amides is 1. The summed E-state index contributed by atoms with van der Waals surface area (Å²) in [4.78, 5) is 19.5. The lowest BCUT2D eigenvalue weighted by Crippen LogP contribution is -2.15. The second-order valence-corrected chi connectivity index (χ2v) is 5.80. The third-order valence-corrected chi connectivity index (χ3v) is 3.85. The number of benzene rings is 1. The van der Waals surface area contributed by atoms with Crippen LogP contribution >= 0.6 is 0 Å². The Hall–Kier alpha value is -2.63. The van der Waals surface area contributed by atoms with Crippen molar-refractivity contribution in [2.24, 2.45) is 0 Å². The minimum atomic E-state index is -0.0795. The Morgan fingerprint density at radius 2 is 1.70 bits per heavy atom. The van der Waals surface area contributed by atoms with Gasteiger partial charge >= 0.3 is 0 Å². The van der Waals surface area contributed by atoms with Crippen LogP contribution in [0.4, 0.5) is 23.0 Å². The second kappa shape index (κ2) is 7.09. The Kier molecular flexibility index (Phi) is 4.71. The Morgan fingerprint density at radius 3 is 2.39 bits per heavy atom. The zero-order valence-corrected chi connectivity index (χ0v) is 13.2. The van der Waals surface area contributed by atoms with Gasteiger partial charge in [0, 0.05) is 30.4 Å². The molecule has 0 aliphatic heterocycles. The molecule has 0 unspecified atom stereocenters. The van der Waals surface area contributed by atoms with Crippen molar-refractivity contribution in [3.8, 4) is 0 Å². The molecule has 0 spiro atoms. The van der Waals surface area contributed by atoms with E-state index in [0.29, 0.717) is 6.04 Å². The van der Waals surface area contributed by atoms with Crippen LogP contribution in [0.1, 0.15) is 32.6 Å². The number of rotatable bonds is 5. The number of aromatic nitrogens is 2. The molecule has 1 aromatic carbocycles. The molecule has 1 aliphatic carbocycles. The average molecular weight is 311 g/mol. The Bertz CT molecular complexity index is 665. The fraction of sp³-hybridized carbons (Fsp3) is 0.353. The van der Waals surface area contributed by atoms with Gasteiger partial charge in [-0.3, -0.25) is 4.79 Å². The third-order valence-electron chi connectivity index (χ3n) is 3.85. The normalized spacial score (nSPS) is 14.5.